The molecule has 62 heavy (non-hydrogen) atoms. The molecule has 3 unspecified atom stereocenters. The van der Waals surface area contributed by atoms with E-state index in [4.69, 9.17) is 9.59 Å². The van der Waals surface area contributed by atoms with Crippen LogP contribution in [-0.2, 0) is 83.0 Å². The number of benzene rings is 2. The fraction of sp³-hybridized carbons (Fsp3) is 0.426. The minimum absolute atomic E-state index is 0. The minimum atomic E-state index is -0.536. The average molecular weight is 1080 g/mol. The van der Waals surface area contributed by atoms with E-state index >= 15 is 0 Å². The van der Waals surface area contributed by atoms with Gasteiger partial charge in [0.05, 0.1) is 5.94 Å². The van der Waals surface area contributed by atoms with Crippen LogP contribution < -0.4 is 10.6 Å². The molecule has 0 spiro atoms. The van der Waals surface area contributed by atoms with Crippen LogP contribution in [0.15, 0.2) is 83.5 Å². The Morgan fingerprint density at radius 3 is 1.29 bits per heavy atom. The van der Waals surface area contributed by atoms with E-state index < -0.39 is 5.41 Å². The van der Waals surface area contributed by atoms with E-state index in [1.165, 1.54) is 48.5 Å². The van der Waals surface area contributed by atoms with Gasteiger partial charge in [0.2, 0.25) is 0 Å². The molecule has 0 fully saturated rings. The Morgan fingerprint density at radius 1 is 0.726 bits per heavy atom. The molecule has 15 heteroatoms. The zero-order chi connectivity index (χ0) is 46.4. The number of rotatable bonds is 13. The van der Waals surface area contributed by atoms with Gasteiger partial charge in [0, 0.05) is 22.1 Å². The Hall–Kier alpha value is -1.16. The van der Waals surface area contributed by atoms with Crippen molar-refractivity contribution in [1.29, 1.82) is 0 Å². The van der Waals surface area contributed by atoms with E-state index in [1.54, 1.807) is 36.7 Å². The molecule has 0 bridgehead atoms. The molecule has 0 saturated carbocycles. The summed E-state index contributed by atoms with van der Waals surface area (Å²) in [5.41, 5.74) is -0.551. The molecule has 7 nitrogen and oxygen atoms in total. The second kappa shape index (κ2) is 64.1. The van der Waals surface area contributed by atoms with Crippen molar-refractivity contribution in [3.05, 3.63) is 109 Å². The van der Waals surface area contributed by atoms with Gasteiger partial charge in [-0.1, -0.05) is 145 Å². The first kappa shape index (κ1) is 84.3. The maximum absolute atomic E-state index is 11.6. The predicted octanol–water partition coefficient (Wildman–Crippen LogP) is 10.6. The van der Waals surface area contributed by atoms with E-state index in [1.807, 2.05) is 41.3 Å². The van der Waals surface area contributed by atoms with E-state index in [0.717, 1.165) is 12.8 Å². The second-order valence-electron chi connectivity index (χ2n) is 10.6. The summed E-state index contributed by atoms with van der Waals surface area (Å²) in [4.78, 5) is 68.9. The van der Waals surface area contributed by atoms with E-state index in [0.29, 0.717) is 12.8 Å². The van der Waals surface area contributed by atoms with E-state index in [2.05, 4.69) is 126 Å². The van der Waals surface area contributed by atoms with Crippen LogP contribution in [-0.4, -0.2) is 68.1 Å². The third-order valence-corrected chi connectivity index (χ3v) is 13.6. The van der Waals surface area contributed by atoms with E-state index in [9.17, 15) is 24.0 Å². The molecule has 1 radical (unpaired) electrons. The predicted molar refractivity (Wildman–Crippen MR) is 273 cm³/mol. The monoisotopic (exact) mass is 1080 g/mol. The average Bonchev–Trinajstić information content (AvgIpc) is 3.33. The summed E-state index contributed by atoms with van der Waals surface area (Å²) in [6.07, 6.45) is 14.2. The fourth-order valence-corrected chi connectivity index (χ4v) is 9.12. The molecule has 3 rings (SSSR count). The SMILES string of the molecule is C=O.C=O.CCP(CC)c1ccccc1.CCP(CC)c1ccccc1.CC[C-](CC)C(CC)(CC)C(=O)[C-]=O.O=C=C1[C-]=CCC(=C=O)C1=C=O.P.PP.[CH2-]C.[CH2-]C.[Ni+2].[Ni+3].[Ni]. The topological polar surface area (TPSA) is 119 Å². The Labute approximate surface area is 418 Å². The minimum Gasteiger partial charge on any atom is -0.534 e. The molecule has 0 aliphatic heterocycles. The Kier molecular flexibility index (Phi) is 87.2. The second-order valence-corrected chi connectivity index (χ2v) is 16.4. The van der Waals surface area contributed by atoms with Gasteiger partial charge in [-0.25, -0.2) is 9.59 Å². The third-order valence-electron chi connectivity index (χ3n) is 8.47. The van der Waals surface area contributed by atoms with Crippen molar-refractivity contribution in [2.75, 3.05) is 24.6 Å². The van der Waals surface area contributed by atoms with Crippen LogP contribution in [0.5, 0.6) is 0 Å². The largest absolute Gasteiger partial charge is 3.00 e. The fourth-order valence-electron chi connectivity index (χ4n) is 5.58. The number of hydrogen-bond acceptors (Lipinski definition) is 7. The summed E-state index contributed by atoms with van der Waals surface area (Å²) < 4.78 is 0. The van der Waals surface area contributed by atoms with Crippen molar-refractivity contribution in [2.24, 2.45) is 5.41 Å². The first-order valence-electron chi connectivity index (χ1n) is 19.3. The number of hydrogen-bond donors (Lipinski definition) is 0. The van der Waals surface area contributed by atoms with Gasteiger partial charge in [-0.3, -0.25) is 0 Å². The van der Waals surface area contributed by atoms with Crippen LogP contribution in [0.25, 0.3) is 0 Å². The van der Waals surface area contributed by atoms with Crippen molar-refractivity contribution in [2.45, 2.75) is 101 Å². The van der Waals surface area contributed by atoms with Crippen molar-refractivity contribution in [3.63, 3.8) is 0 Å². The van der Waals surface area contributed by atoms with Gasteiger partial charge in [0.15, 0.2) is 0 Å². The van der Waals surface area contributed by atoms with E-state index in [-0.39, 0.29) is 104 Å². The third kappa shape index (κ3) is 35.1. The number of allylic oxidation sites excluding steroid dienone is 5. The summed E-state index contributed by atoms with van der Waals surface area (Å²) in [5, 5.41) is 3.10. The number of carbonyl (C=O) groups is 3. The van der Waals surface area contributed by atoms with Gasteiger partial charge in [-0.05, 0) is 59.0 Å². The normalized spacial score (nSPS) is 9.73. The maximum Gasteiger partial charge on any atom is 3.00 e. The van der Waals surface area contributed by atoms with Gasteiger partial charge in [-0.15, -0.1) is 34.9 Å². The van der Waals surface area contributed by atoms with Crippen molar-refractivity contribution >= 4 is 97.7 Å². The Balaban J connectivity index is -0.0000000667. The Bertz CT molecular complexity index is 1400. The quantitative estimate of drug-likeness (QED) is 0.0644. The van der Waals surface area contributed by atoms with Gasteiger partial charge in [-0.2, -0.15) is 49.0 Å². The molecule has 0 heterocycles. The molecule has 2 aromatic carbocycles. The van der Waals surface area contributed by atoms with Crippen LogP contribution in [0.3, 0.4) is 0 Å². The van der Waals surface area contributed by atoms with Crippen molar-refractivity contribution in [3.8, 4) is 0 Å². The summed E-state index contributed by atoms with van der Waals surface area (Å²) >= 11 is 0. The summed E-state index contributed by atoms with van der Waals surface area (Å²) in [6, 6.07) is 21.7. The van der Waals surface area contributed by atoms with Crippen molar-refractivity contribution < 1.29 is 83.0 Å². The zero-order valence-electron chi connectivity index (χ0n) is 38.6. The van der Waals surface area contributed by atoms with Crippen molar-refractivity contribution in [1.82, 2.24) is 0 Å². The molecule has 1 aliphatic rings. The first-order chi connectivity index (χ1) is 28.2. The number of Topliss-reactive ketones (excluding diaryl/α,β-unsaturated/α-hetero) is 1. The van der Waals surface area contributed by atoms with Crippen LogP contribution in [0.4, 0.5) is 0 Å². The van der Waals surface area contributed by atoms with Crippen LogP contribution in [0, 0.1) is 31.3 Å². The van der Waals surface area contributed by atoms with Gasteiger partial charge < -0.3 is 43.7 Å². The van der Waals surface area contributed by atoms with Gasteiger partial charge in [0.25, 0.3) is 0 Å². The molecule has 359 valence electrons. The molecule has 0 amide bonds. The summed E-state index contributed by atoms with van der Waals surface area (Å²) in [7, 11) is 4.96. The smallest absolute Gasteiger partial charge is 0.534 e. The molecular weight excluding hydrogens is 1010 g/mol. The summed E-state index contributed by atoms with van der Waals surface area (Å²) in [5.74, 6) is 5.35. The molecule has 3 atom stereocenters. The zero-order valence-corrected chi connectivity index (χ0v) is 47.1. The van der Waals surface area contributed by atoms with Crippen LogP contribution in [0.1, 0.15) is 101 Å². The molecular formula is C47H74Ni3O7P5. The maximum atomic E-state index is 11.6. The molecule has 2 aromatic rings. The number of carbonyl (C=O) groups excluding carboxylic acids is 7. The molecule has 1 aliphatic carbocycles. The number of ketones is 1. The van der Waals surface area contributed by atoms with Gasteiger partial charge >= 0.3 is 33.0 Å². The standard InChI is InChI=1S/C12H20O2.2C10H15P.C9H3O3.2C2H5.2CH2O.3Ni.H4P2.H3P/c1-5-10(6-2)12(7-3,8-4)11(14)9-13;2*1-3-11(4-2)10-8-6-5-7-9-10;10-4-7-2-1-3-8(5-11)9(7)6-12;4*1-2;;;;1-2;/h5-8H2,1-4H3;2*5-9H,3-4H2,1-2H3;1H,2H2;2*1H2,2H3;2*1H2;;;;1-2H2;1H3/q-2;;;3*-1;;;;+2;+3;;. The molecule has 0 aromatic heterocycles. The summed E-state index contributed by atoms with van der Waals surface area (Å²) in [6.45, 7) is 31.1. The first-order valence-corrected chi connectivity index (χ1v) is 25.3. The Morgan fingerprint density at radius 2 is 1.06 bits per heavy atom. The molecule has 0 saturated heterocycles. The van der Waals surface area contributed by atoms with Gasteiger partial charge in [0.1, 0.15) is 19.5 Å². The van der Waals surface area contributed by atoms with Crippen LogP contribution in [0.2, 0.25) is 0 Å². The van der Waals surface area contributed by atoms with Crippen LogP contribution >= 0.6 is 43.6 Å². The molecule has 0 N–H and O–H groups in total.